The van der Waals surface area contributed by atoms with E-state index in [0.717, 1.165) is 39.0 Å². The van der Waals surface area contributed by atoms with Gasteiger partial charge in [0.2, 0.25) is 0 Å². The second-order valence-corrected chi connectivity index (χ2v) is 7.20. The summed E-state index contributed by atoms with van der Waals surface area (Å²) in [6.07, 6.45) is -2.22. The SMILES string of the molecule is C[NH+](C)CCC[NH+](CCC[NH+](C)C)Cc1ccccc1C(F)(F)F. The van der Waals surface area contributed by atoms with Crippen molar-refractivity contribution in [3.63, 3.8) is 0 Å². The van der Waals surface area contributed by atoms with E-state index < -0.39 is 11.7 Å². The van der Waals surface area contributed by atoms with E-state index in [4.69, 9.17) is 0 Å². The fourth-order valence-electron chi connectivity index (χ4n) is 2.91. The third-order valence-corrected chi connectivity index (χ3v) is 4.18. The van der Waals surface area contributed by atoms with Gasteiger partial charge in [0.1, 0.15) is 6.54 Å². The first-order chi connectivity index (χ1) is 11.2. The number of hydrogen-bond acceptors (Lipinski definition) is 0. The summed E-state index contributed by atoms with van der Waals surface area (Å²) in [6, 6.07) is 5.99. The number of halogens is 3. The lowest BCUT2D eigenvalue weighted by molar-refractivity contribution is -0.925. The molecule has 0 atom stereocenters. The molecule has 24 heavy (non-hydrogen) atoms. The fourth-order valence-corrected chi connectivity index (χ4v) is 2.91. The van der Waals surface area contributed by atoms with Crippen molar-refractivity contribution in [2.24, 2.45) is 0 Å². The number of rotatable bonds is 10. The number of benzene rings is 1. The van der Waals surface area contributed by atoms with Gasteiger partial charge in [0.15, 0.2) is 0 Å². The summed E-state index contributed by atoms with van der Waals surface area (Å²) >= 11 is 0. The Kier molecular flexibility index (Phi) is 8.73. The Labute approximate surface area is 144 Å². The molecule has 0 spiro atoms. The van der Waals surface area contributed by atoms with Crippen LogP contribution in [0, 0.1) is 0 Å². The molecule has 0 heterocycles. The molecule has 0 aliphatic rings. The van der Waals surface area contributed by atoms with E-state index >= 15 is 0 Å². The van der Waals surface area contributed by atoms with Crippen molar-refractivity contribution >= 4 is 0 Å². The summed E-state index contributed by atoms with van der Waals surface area (Å²) in [4.78, 5) is 4.00. The predicted octanol–water partition coefficient (Wildman–Crippen LogP) is -0.840. The van der Waals surface area contributed by atoms with E-state index in [0.29, 0.717) is 12.1 Å². The van der Waals surface area contributed by atoms with Crippen LogP contribution in [0.5, 0.6) is 0 Å². The highest BCUT2D eigenvalue weighted by molar-refractivity contribution is 5.28. The molecule has 0 radical (unpaired) electrons. The highest BCUT2D eigenvalue weighted by atomic mass is 19.4. The van der Waals surface area contributed by atoms with Crippen LogP contribution in [0.1, 0.15) is 24.0 Å². The molecular weight excluding hydrogens is 315 g/mol. The van der Waals surface area contributed by atoms with Crippen molar-refractivity contribution < 1.29 is 27.9 Å². The molecule has 0 aliphatic heterocycles. The van der Waals surface area contributed by atoms with Gasteiger partial charge in [-0.15, -0.1) is 0 Å². The van der Waals surface area contributed by atoms with Crippen LogP contribution in [0.2, 0.25) is 0 Å². The average Bonchev–Trinajstić information content (AvgIpc) is 2.45. The third kappa shape index (κ3) is 8.13. The van der Waals surface area contributed by atoms with Gasteiger partial charge in [-0.3, -0.25) is 0 Å². The summed E-state index contributed by atoms with van der Waals surface area (Å²) in [6.45, 7) is 4.37. The largest absolute Gasteiger partial charge is 0.416 e. The smallest absolute Gasteiger partial charge is 0.340 e. The van der Waals surface area contributed by atoms with E-state index in [-0.39, 0.29) is 0 Å². The van der Waals surface area contributed by atoms with Crippen molar-refractivity contribution in [1.29, 1.82) is 0 Å². The van der Waals surface area contributed by atoms with Gasteiger partial charge in [0.05, 0.1) is 59.9 Å². The summed E-state index contributed by atoms with van der Waals surface area (Å²) in [5.74, 6) is 0. The molecule has 0 aliphatic carbocycles. The van der Waals surface area contributed by atoms with Gasteiger partial charge in [-0.05, 0) is 6.07 Å². The third-order valence-electron chi connectivity index (χ3n) is 4.18. The Morgan fingerprint density at radius 3 is 1.75 bits per heavy atom. The molecule has 3 nitrogen and oxygen atoms in total. The van der Waals surface area contributed by atoms with E-state index in [1.54, 1.807) is 12.1 Å². The van der Waals surface area contributed by atoms with E-state index in [2.05, 4.69) is 28.2 Å². The van der Waals surface area contributed by atoms with Crippen LogP contribution in [-0.2, 0) is 12.7 Å². The zero-order valence-corrected chi connectivity index (χ0v) is 15.4. The normalized spacial score (nSPS) is 12.6. The van der Waals surface area contributed by atoms with Gasteiger partial charge in [0.25, 0.3) is 0 Å². The summed E-state index contributed by atoms with van der Waals surface area (Å²) in [5.41, 5.74) is -0.0756. The minimum absolute atomic E-state index is 0.411. The number of nitrogens with one attached hydrogen (secondary N) is 3. The summed E-state index contributed by atoms with van der Waals surface area (Å²) in [5, 5.41) is 0. The first-order valence-corrected chi connectivity index (χ1v) is 8.77. The Morgan fingerprint density at radius 1 is 0.792 bits per heavy atom. The molecule has 0 bridgehead atoms. The van der Waals surface area contributed by atoms with Crippen LogP contribution in [0.3, 0.4) is 0 Å². The highest BCUT2D eigenvalue weighted by Gasteiger charge is 2.33. The lowest BCUT2D eigenvalue weighted by Crippen LogP contribution is -3.13. The maximum atomic E-state index is 13.2. The molecule has 1 aromatic rings. The zero-order valence-electron chi connectivity index (χ0n) is 15.4. The minimum Gasteiger partial charge on any atom is -0.340 e. The van der Waals surface area contributed by atoms with E-state index in [9.17, 15) is 13.2 Å². The molecule has 0 saturated carbocycles. The van der Waals surface area contributed by atoms with Crippen molar-refractivity contribution in [1.82, 2.24) is 0 Å². The molecule has 138 valence electrons. The Balaban J connectivity index is 2.75. The fraction of sp³-hybridized carbons (Fsp3) is 0.667. The van der Waals surface area contributed by atoms with E-state index in [1.807, 2.05) is 0 Å². The van der Waals surface area contributed by atoms with Crippen molar-refractivity contribution in [3.05, 3.63) is 35.4 Å². The molecule has 0 fully saturated rings. The minimum atomic E-state index is -4.27. The highest BCUT2D eigenvalue weighted by Crippen LogP contribution is 2.31. The number of alkyl halides is 3. The van der Waals surface area contributed by atoms with Crippen LogP contribution < -0.4 is 14.7 Å². The topological polar surface area (TPSA) is 13.3 Å². The average molecular weight is 348 g/mol. The molecule has 1 rings (SSSR count). The first kappa shape index (κ1) is 20.9. The lowest BCUT2D eigenvalue weighted by atomic mass is 10.1. The quantitative estimate of drug-likeness (QED) is 0.488. The summed E-state index contributed by atoms with van der Waals surface area (Å²) in [7, 11) is 8.42. The second kappa shape index (κ2) is 10.0. The van der Waals surface area contributed by atoms with Crippen LogP contribution in [0.15, 0.2) is 24.3 Å². The van der Waals surface area contributed by atoms with Crippen molar-refractivity contribution in [3.8, 4) is 0 Å². The predicted molar refractivity (Wildman–Crippen MR) is 90.4 cm³/mol. The van der Waals surface area contributed by atoms with Crippen molar-refractivity contribution in [2.45, 2.75) is 25.6 Å². The van der Waals surface area contributed by atoms with Gasteiger partial charge in [-0.1, -0.05) is 18.2 Å². The molecule has 0 unspecified atom stereocenters. The Hall–Kier alpha value is -1.11. The molecule has 0 amide bonds. The van der Waals surface area contributed by atoms with Crippen LogP contribution >= 0.6 is 0 Å². The van der Waals surface area contributed by atoms with Gasteiger partial charge >= 0.3 is 6.18 Å². The lowest BCUT2D eigenvalue weighted by Gasteiger charge is -2.22. The maximum Gasteiger partial charge on any atom is 0.416 e. The standard InChI is InChI=1S/C18H30F3N3/c1-22(2)11-7-13-24(14-8-12-23(3)4)15-16-9-5-6-10-17(16)18(19,20)21/h5-6,9-10H,7-8,11-15H2,1-4H3/p+3. The molecule has 0 saturated heterocycles. The molecule has 1 aromatic carbocycles. The molecule has 3 N–H and O–H groups in total. The van der Waals surface area contributed by atoms with Crippen molar-refractivity contribution in [2.75, 3.05) is 54.4 Å². The maximum absolute atomic E-state index is 13.2. The zero-order chi connectivity index (χ0) is 18.2. The van der Waals surface area contributed by atoms with Gasteiger partial charge < -0.3 is 14.7 Å². The van der Waals surface area contributed by atoms with Gasteiger partial charge in [-0.2, -0.15) is 13.2 Å². The van der Waals surface area contributed by atoms with Crippen LogP contribution in [0.4, 0.5) is 13.2 Å². The van der Waals surface area contributed by atoms with Gasteiger partial charge in [-0.25, -0.2) is 0 Å². The Bertz CT molecular complexity index is 459. The molecular formula is C18H33F3N3+3. The monoisotopic (exact) mass is 348 g/mol. The number of quaternary nitrogens is 3. The first-order valence-electron chi connectivity index (χ1n) is 8.77. The van der Waals surface area contributed by atoms with Gasteiger partial charge in [0, 0.05) is 18.4 Å². The second-order valence-electron chi connectivity index (χ2n) is 7.20. The van der Waals surface area contributed by atoms with Crippen LogP contribution in [0.25, 0.3) is 0 Å². The summed E-state index contributed by atoms with van der Waals surface area (Å²) < 4.78 is 39.6. The molecule has 0 aromatic heterocycles. The molecule has 6 heteroatoms. The number of hydrogen-bond donors (Lipinski definition) is 3. The van der Waals surface area contributed by atoms with E-state index in [1.165, 1.54) is 26.8 Å². The van der Waals surface area contributed by atoms with Crippen LogP contribution in [-0.4, -0.2) is 54.4 Å². The Morgan fingerprint density at radius 2 is 1.29 bits per heavy atom.